The predicted molar refractivity (Wildman–Crippen MR) is 76.2 cm³/mol. The Morgan fingerprint density at radius 1 is 1.13 bits per heavy atom. The molecule has 0 unspecified atom stereocenters. The summed E-state index contributed by atoms with van der Waals surface area (Å²) in [5, 5.41) is 1.73. The van der Waals surface area contributed by atoms with Gasteiger partial charge in [-0.2, -0.15) is 13.2 Å². The zero-order valence-electron chi connectivity index (χ0n) is 11.7. The number of hydrogen-bond acceptors (Lipinski definition) is 3. The summed E-state index contributed by atoms with van der Waals surface area (Å²) < 4.78 is 61.7. The van der Waals surface area contributed by atoms with Gasteiger partial charge in [0.1, 0.15) is 0 Å². The maximum absolute atomic E-state index is 12.3. The Balaban J connectivity index is 2.03. The third-order valence-electron chi connectivity index (χ3n) is 3.00. The van der Waals surface area contributed by atoms with E-state index in [9.17, 15) is 26.4 Å². The van der Waals surface area contributed by atoms with Crippen LogP contribution in [0.1, 0.15) is 5.56 Å². The van der Waals surface area contributed by atoms with E-state index in [-0.39, 0.29) is 17.9 Å². The molecule has 0 aliphatic heterocycles. The van der Waals surface area contributed by atoms with Gasteiger partial charge in [0.2, 0.25) is 0 Å². The molecule has 0 atom stereocenters. The standard InChI is InChI=1S/C14H13F3N2O3S/c15-14(16,17)13(20)18-8-6-11-7-9-19(10-11)23(21,22)12-4-2-1-3-5-12/h1-5,7,9-10H,6,8H2,(H,18,20). The number of aromatic nitrogens is 1. The molecule has 9 heteroatoms. The van der Waals surface area contributed by atoms with Crippen LogP contribution in [-0.2, 0) is 21.2 Å². The van der Waals surface area contributed by atoms with E-state index < -0.39 is 22.1 Å². The second kappa shape index (κ2) is 6.45. The fraction of sp³-hybridized carbons (Fsp3) is 0.214. The van der Waals surface area contributed by atoms with Crippen molar-refractivity contribution in [3.8, 4) is 0 Å². The highest BCUT2D eigenvalue weighted by molar-refractivity contribution is 7.90. The van der Waals surface area contributed by atoms with Crippen molar-refractivity contribution in [1.29, 1.82) is 0 Å². The van der Waals surface area contributed by atoms with Gasteiger partial charge >= 0.3 is 12.1 Å². The lowest BCUT2D eigenvalue weighted by Gasteiger charge is -2.07. The Morgan fingerprint density at radius 3 is 2.39 bits per heavy atom. The molecular formula is C14H13F3N2O3S. The summed E-state index contributed by atoms with van der Waals surface area (Å²) in [5.74, 6) is -2.02. The van der Waals surface area contributed by atoms with E-state index >= 15 is 0 Å². The summed E-state index contributed by atoms with van der Waals surface area (Å²) in [6.45, 7) is -0.242. The van der Waals surface area contributed by atoms with Gasteiger partial charge in [0.15, 0.2) is 0 Å². The Kier molecular flexibility index (Phi) is 4.79. The molecule has 0 bridgehead atoms. The van der Waals surface area contributed by atoms with Crippen molar-refractivity contribution in [1.82, 2.24) is 9.29 Å². The van der Waals surface area contributed by atoms with Crippen molar-refractivity contribution in [2.45, 2.75) is 17.5 Å². The lowest BCUT2D eigenvalue weighted by molar-refractivity contribution is -0.173. The molecule has 1 N–H and O–H groups in total. The lowest BCUT2D eigenvalue weighted by atomic mass is 10.2. The molecule has 1 aromatic carbocycles. The van der Waals surface area contributed by atoms with Gasteiger partial charge in [-0.05, 0) is 30.2 Å². The minimum absolute atomic E-state index is 0.0825. The molecule has 5 nitrogen and oxygen atoms in total. The molecule has 23 heavy (non-hydrogen) atoms. The van der Waals surface area contributed by atoms with E-state index in [1.54, 1.807) is 23.5 Å². The van der Waals surface area contributed by atoms with Crippen LogP contribution in [0.5, 0.6) is 0 Å². The highest BCUT2D eigenvalue weighted by Crippen LogP contribution is 2.16. The molecule has 124 valence electrons. The Morgan fingerprint density at radius 2 is 1.78 bits per heavy atom. The maximum Gasteiger partial charge on any atom is 0.471 e. The molecule has 0 spiro atoms. The minimum Gasteiger partial charge on any atom is -0.348 e. The van der Waals surface area contributed by atoms with Crippen molar-refractivity contribution >= 4 is 15.9 Å². The summed E-state index contributed by atoms with van der Waals surface area (Å²) in [7, 11) is -3.73. The van der Waals surface area contributed by atoms with Crippen molar-refractivity contribution in [2.24, 2.45) is 0 Å². The fourth-order valence-electron chi connectivity index (χ4n) is 1.85. The van der Waals surface area contributed by atoms with Crippen LogP contribution in [0.2, 0.25) is 0 Å². The molecule has 0 aliphatic rings. The van der Waals surface area contributed by atoms with E-state index in [4.69, 9.17) is 0 Å². The van der Waals surface area contributed by atoms with Gasteiger partial charge in [-0.25, -0.2) is 12.4 Å². The summed E-state index contributed by atoms with van der Waals surface area (Å²) >= 11 is 0. The van der Waals surface area contributed by atoms with Crippen molar-refractivity contribution in [2.75, 3.05) is 6.54 Å². The number of rotatable bonds is 5. The largest absolute Gasteiger partial charge is 0.471 e. The molecule has 1 aromatic heterocycles. The number of amides is 1. The monoisotopic (exact) mass is 346 g/mol. The topological polar surface area (TPSA) is 68.2 Å². The number of alkyl halides is 3. The van der Waals surface area contributed by atoms with Crippen molar-refractivity contribution in [3.05, 3.63) is 54.4 Å². The Hall–Kier alpha value is -2.29. The first-order valence-corrected chi connectivity index (χ1v) is 7.98. The highest BCUT2D eigenvalue weighted by Gasteiger charge is 2.38. The fourth-order valence-corrected chi connectivity index (χ4v) is 3.09. The average molecular weight is 346 g/mol. The van der Waals surface area contributed by atoms with Crippen LogP contribution in [0.25, 0.3) is 0 Å². The number of halogens is 3. The van der Waals surface area contributed by atoms with E-state index in [0.717, 1.165) is 3.97 Å². The molecule has 1 heterocycles. The van der Waals surface area contributed by atoms with Crippen LogP contribution in [0.4, 0.5) is 13.2 Å². The zero-order chi connectivity index (χ0) is 17.1. The molecule has 2 rings (SSSR count). The highest BCUT2D eigenvalue weighted by atomic mass is 32.2. The summed E-state index contributed by atoms with van der Waals surface area (Å²) in [4.78, 5) is 10.8. The minimum atomic E-state index is -4.93. The number of nitrogens with zero attached hydrogens (tertiary/aromatic N) is 1. The number of carbonyl (C=O) groups is 1. The number of hydrogen-bond donors (Lipinski definition) is 1. The lowest BCUT2D eigenvalue weighted by Crippen LogP contribution is -2.37. The molecule has 1 amide bonds. The van der Waals surface area contributed by atoms with Crippen LogP contribution in [-0.4, -0.2) is 31.0 Å². The molecule has 2 aromatic rings. The van der Waals surface area contributed by atoms with Gasteiger partial charge in [0, 0.05) is 18.9 Å². The molecule has 0 radical (unpaired) electrons. The first-order chi connectivity index (χ1) is 10.7. The summed E-state index contributed by atoms with van der Waals surface area (Å²) in [6.07, 6.45) is -2.23. The van der Waals surface area contributed by atoms with Crippen LogP contribution in [0, 0.1) is 0 Å². The van der Waals surface area contributed by atoms with Gasteiger partial charge < -0.3 is 5.32 Å². The van der Waals surface area contributed by atoms with Crippen molar-refractivity contribution in [3.63, 3.8) is 0 Å². The second-order valence-corrected chi connectivity index (χ2v) is 6.51. The van der Waals surface area contributed by atoms with Gasteiger partial charge in [-0.1, -0.05) is 18.2 Å². The van der Waals surface area contributed by atoms with Crippen molar-refractivity contribution < 1.29 is 26.4 Å². The Bertz CT molecular complexity index is 783. The zero-order valence-corrected chi connectivity index (χ0v) is 12.6. The van der Waals surface area contributed by atoms with Gasteiger partial charge in [0.05, 0.1) is 4.90 Å². The first-order valence-electron chi connectivity index (χ1n) is 6.54. The van der Waals surface area contributed by atoms with Crippen LogP contribution >= 0.6 is 0 Å². The van der Waals surface area contributed by atoms with Gasteiger partial charge in [-0.15, -0.1) is 0 Å². The van der Waals surface area contributed by atoms with E-state index in [1.807, 2.05) is 0 Å². The smallest absolute Gasteiger partial charge is 0.348 e. The second-order valence-electron chi connectivity index (χ2n) is 4.67. The molecule has 0 aliphatic carbocycles. The van der Waals surface area contributed by atoms with Gasteiger partial charge in [-0.3, -0.25) is 4.79 Å². The summed E-state index contributed by atoms with van der Waals surface area (Å²) in [6, 6.07) is 9.22. The third kappa shape index (κ3) is 4.13. The van der Waals surface area contributed by atoms with Crippen LogP contribution < -0.4 is 5.32 Å². The van der Waals surface area contributed by atoms with Gasteiger partial charge in [0.25, 0.3) is 10.0 Å². The van der Waals surface area contributed by atoms with E-state index in [2.05, 4.69) is 0 Å². The molecule has 0 fully saturated rings. The number of benzene rings is 1. The predicted octanol–water partition coefficient (Wildman–Crippen LogP) is 1.95. The van der Waals surface area contributed by atoms with Crippen LogP contribution in [0.15, 0.2) is 53.7 Å². The van der Waals surface area contributed by atoms with E-state index in [0.29, 0.717) is 5.56 Å². The average Bonchev–Trinajstić information content (AvgIpc) is 2.96. The first kappa shape index (κ1) is 17.1. The summed E-state index contributed by atoms with van der Waals surface area (Å²) in [5.41, 5.74) is 0.493. The molecule has 0 saturated heterocycles. The normalized spacial score (nSPS) is 12.1. The molecule has 0 saturated carbocycles. The Labute approximate surface area is 130 Å². The maximum atomic E-state index is 12.3. The number of nitrogens with one attached hydrogen (secondary N) is 1. The SMILES string of the molecule is O=C(NCCc1ccn(S(=O)(=O)c2ccccc2)c1)C(F)(F)F. The van der Waals surface area contributed by atoms with Crippen LogP contribution in [0.3, 0.4) is 0 Å². The quantitative estimate of drug-likeness (QED) is 0.900. The van der Waals surface area contributed by atoms with E-state index in [1.165, 1.54) is 30.6 Å². The third-order valence-corrected chi connectivity index (χ3v) is 4.65. The number of carbonyl (C=O) groups excluding carboxylic acids is 1. The molecular weight excluding hydrogens is 333 g/mol.